The number of carbonyl (C=O) groups is 2. The monoisotopic (exact) mass is 520 g/mol. The van der Waals surface area contributed by atoms with Crippen LogP contribution in [0.3, 0.4) is 0 Å². The van der Waals surface area contributed by atoms with Crippen molar-refractivity contribution in [3.63, 3.8) is 0 Å². The topological polar surface area (TPSA) is 117 Å². The van der Waals surface area contributed by atoms with E-state index >= 15 is 0 Å². The number of amides is 1. The van der Waals surface area contributed by atoms with Crippen molar-refractivity contribution in [1.82, 2.24) is 5.32 Å². The van der Waals surface area contributed by atoms with Gasteiger partial charge >= 0.3 is 12.1 Å². The molecule has 1 atom stereocenters. The number of hydrogen-bond donors (Lipinski definition) is 1. The fourth-order valence-electron chi connectivity index (χ4n) is 3.92. The minimum Gasteiger partial charge on any atom is -0.488 e. The van der Waals surface area contributed by atoms with E-state index in [0.29, 0.717) is 28.0 Å². The zero-order valence-electron chi connectivity index (χ0n) is 22.1. The maximum absolute atomic E-state index is 12.5. The predicted molar refractivity (Wildman–Crippen MR) is 143 cm³/mol. The molecule has 0 radical (unpaired) electrons. The third kappa shape index (κ3) is 7.55. The average Bonchev–Trinajstić information content (AvgIpc) is 2.86. The lowest BCUT2D eigenvalue weighted by molar-refractivity contribution is -0.384. The highest BCUT2D eigenvalue weighted by Crippen LogP contribution is 2.39. The predicted octanol–water partition coefficient (Wildman–Crippen LogP) is 5.76. The van der Waals surface area contributed by atoms with Crippen molar-refractivity contribution in [3.05, 3.63) is 93.5 Å². The lowest BCUT2D eigenvalue weighted by atomic mass is 9.96. The number of nitro benzene ring substituents is 1. The first kappa shape index (κ1) is 28.2. The van der Waals surface area contributed by atoms with Crippen LogP contribution in [0.2, 0.25) is 0 Å². The Bertz CT molecular complexity index is 1300. The van der Waals surface area contributed by atoms with Gasteiger partial charge in [-0.25, -0.2) is 9.59 Å². The first-order chi connectivity index (χ1) is 18.0. The Hall–Kier alpha value is -4.40. The summed E-state index contributed by atoms with van der Waals surface area (Å²) in [6.07, 6.45) is -0.692. The summed E-state index contributed by atoms with van der Waals surface area (Å²) in [5.41, 5.74) is 2.17. The number of nitrogens with one attached hydrogen (secondary N) is 1. The number of carbonyl (C=O) groups excluding carboxylic acids is 2. The number of rotatable bonds is 9. The van der Waals surface area contributed by atoms with Gasteiger partial charge in [0.1, 0.15) is 24.0 Å². The van der Waals surface area contributed by atoms with Gasteiger partial charge in [0.05, 0.1) is 17.6 Å². The highest BCUT2D eigenvalue weighted by Gasteiger charge is 2.27. The summed E-state index contributed by atoms with van der Waals surface area (Å²) in [5.74, 6) is -0.204. The van der Waals surface area contributed by atoms with Gasteiger partial charge in [-0.15, -0.1) is 0 Å². The zero-order valence-corrected chi connectivity index (χ0v) is 22.1. The molecule has 0 fully saturated rings. The fraction of sp³-hybridized carbons (Fsp3) is 0.310. The van der Waals surface area contributed by atoms with E-state index in [0.717, 1.165) is 5.56 Å². The van der Waals surface area contributed by atoms with E-state index < -0.39 is 28.6 Å². The van der Waals surface area contributed by atoms with E-state index in [1.165, 1.54) is 7.11 Å². The molecule has 1 amide bonds. The van der Waals surface area contributed by atoms with Crippen molar-refractivity contribution in [2.45, 2.75) is 52.4 Å². The van der Waals surface area contributed by atoms with Crippen LogP contribution >= 0.6 is 0 Å². The van der Waals surface area contributed by atoms with Crippen molar-refractivity contribution < 1.29 is 28.7 Å². The Balaban J connectivity index is 2.01. The molecular formula is C29H32N2O7. The summed E-state index contributed by atoms with van der Waals surface area (Å²) >= 11 is 0. The number of benzene rings is 3. The Kier molecular flexibility index (Phi) is 9.07. The molecule has 0 aromatic heterocycles. The molecular weight excluding hydrogens is 488 g/mol. The number of nitro groups is 1. The molecule has 0 heterocycles. The number of para-hydroxylation sites is 1. The van der Waals surface area contributed by atoms with Gasteiger partial charge in [-0.2, -0.15) is 0 Å². The molecule has 200 valence electrons. The van der Waals surface area contributed by atoms with E-state index in [9.17, 15) is 19.7 Å². The minimum absolute atomic E-state index is 0.0365. The van der Waals surface area contributed by atoms with Crippen molar-refractivity contribution in [2.24, 2.45) is 0 Å². The smallest absolute Gasteiger partial charge is 0.408 e. The van der Waals surface area contributed by atoms with Crippen molar-refractivity contribution in [2.75, 3.05) is 7.11 Å². The molecule has 3 rings (SSSR count). The van der Waals surface area contributed by atoms with Gasteiger partial charge in [-0.05, 0) is 57.0 Å². The summed E-state index contributed by atoms with van der Waals surface area (Å²) in [5, 5.41) is 14.5. The number of methoxy groups -OCH3 is 1. The lowest BCUT2D eigenvalue weighted by Crippen LogP contribution is -2.45. The van der Waals surface area contributed by atoms with Gasteiger partial charge in [0.25, 0.3) is 5.69 Å². The molecule has 0 aliphatic carbocycles. The average molecular weight is 521 g/mol. The highest BCUT2D eigenvalue weighted by atomic mass is 16.6. The standard InChI is InChI=1S/C29H32N2O7/c1-19-10-9-13-22(26(19)31(34)35)23-16-21(14-15-25(23)37-18-20-11-7-6-8-12-20)17-24(27(32)36-5)30-28(33)38-29(2,3)4/h6-16,24H,17-18H2,1-5H3,(H,30,33)/t24-/m0/s1. The van der Waals surface area contributed by atoms with Gasteiger partial charge in [-0.1, -0.05) is 48.5 Å². The van der Waals surface area contributed by atoms with Gasteiger partial charge in [0, 0.05) is 17.5 Å². The number of esters is 1. The van der Waals surface area contributed by atoms with Crippen LogP contribution in [0.15, 0.2) is 66.7 Å². The molecule has 0 saturated carbocycles. The van der Waals surface area contributed by atoms with E-state index in [2.05, 4.69) is 5.32 Å². The number of ether oxygens (including phenoxy) is 3. The molecule has 0 saturated heterocycles. The molecule has 3 aromatic carbocycles. The molecule has 0 spiro atoms. The number of aryl methyl sites for hydroxylation is 1. The largest absolute Gasteiger partial charge is 0.488 e. The van der Waals surface area contributed by atoms with Crippen LogP contribution in [-0.4, -0.2) is 35.7 Å². The van der Waals surface area contributed by atoms with Crippen LogP contribution in [-0.2, 0) is 27.3 Å². The lowest BCUT2D eigenvalue weighted by Gasteiger charge is -2.23. The second-order valence-corrected chi connectivity index (χ2v) is 9.76. The van der Waals surface area contributed by atoms with Crippen LogP contribution in [0.1, 0.15) is 37.5 Å². The molecule has 1 N–H and O–H groups in total. The Labute approximate surface area is 221 Å². The van der Waals surface area contributed by atoms with E-state index in [1.54, 1.807) is 64.1 Å². The molecule has 0 unspecified atom stereocenters. The minimum atomic E-state index is -1.04. The molecule has 0 aliphatic heterocycles. The van der Waals surface area contributed by atoms with E-state index in [-0.39, 0.29) is 18.7 Å². The fourth-order valence-corrected chi connectivity index (χ4v) is 3.92. The quantitative estimate of drug-likeness (QED) is 0.217. The third-order valence-electron chi connectivity index (χ3n) is 5.61. The zero-order chi connectivity index (χ0) is 27.9. The first-order valence-corrected chi connectivity index (χ1v) is 12.1. The van der Waals surface area contributed by atoms with Gasteiger partial charge < -0.3 is 19.5 Å². The van der Waals surface area contributed by atoms with Gasteiger partial charge in [0.2, 0.25) is 0 Å². The number of hydrogen-bond acceptors (Lipinski definition) is 7. The van der Waals surface area contributed by atoms with Crippen molar-refractivity contribution >= 4 is 17.7 Å². The van der Waals surface area contributed by atoms with Crippen LogP contribution in [0, 0.1) is 17.0 Å². The summed E-state index contributed by atoms with van der Waals surface area (Å²) in [6, 6.07) is 18.8. The van der Waals surface area contributed by atoms with Crippen molar-refractivity contribution in [3.8, 4) is 16.9 Å². The Morgan fingerprint density at radius 1 is 0.974 bits per heavy atom. The highest BCUT2D eigenvalue weighted by molar-refractivity contribution is 5.83. The third-order valence-corrected chi connectivity index (χ3v) is 5.61. The summed E-state index contributed by atoms with van der Waals surface area (Å²) < 4.78 is 16.3. The second-order valence-electron chi connectivity index (χ2n) is 9.76. The maximum atomic E-state index is 12.5. The molecule has 38 heavy (non-hydrogen) atoms. The van der Waals surface area contributed by atoms with Crippen LogP contribution in [0.4, 0.5) is 10.5 Å². The molecule has 9 nitrogen and oxygen atoms in total. The van der Waals surface area contributed by atoms with E-state index in [1.807, 2.05) is 30.3 Å². The van der Waals surface area contributed by atoms with E-state index in [4.69, 9.17) is 14.2 Å². The Morgan fingerprint density at radius 2 is 1.68 bits per heavy atom. The summed E-state index contributed by atoms with van der Waals surface area (Å²) in [6.45, 7) is 7.09. The molecule has 9 heteroatoms. The summed E-state index contributed by atoms with van der Waals surface area (Å²) in [4.78, 5) is 36.4. The Morgan fingerprint density at radius 3 is 2.32 bits per heavy atom. The van der Waals surface area contributed by atoms with Crippen molar-refractivity contribution in [1.29, 1.82) is 0 Å². The van der Waals surface area contributed by atoms with Crippen LogP contribution in [0.25, 0.3) is 11.1 Å². The molecule has 0 bridgehead atoms. The first-order valence-electron chi connectivity index (χ1n) is 12.1. The SMILES string of the molecule is COC(=O)[C@H](Cc1ccc(OCc2ccccc2)c(-c2cccc(C)c2[N+](=O)[O-])c1)NC(=O)OC(C)(C)C. The number of nitrogens with zero attached hydrogens (tertiary/aromatic N) is 1. The van der Waals surface area contributed by atoms with Gasteiger partial charge in [-0.3, -0.25) is 10.1 Å². The second kappa shape index (κ2) is 12.2. The maximum Gasteiger partial charge on any atom is 0.408 e. The molecule has 0 aliphatic rings. The normalized spacial score (nSPS) is 11.8. The molecule has 3 aromatic rings. The summed E-state index contributed by atoms with van der Waals surface area (Å²) in [7, 11) is 1.23. The van der Waals surface area contributed by atoms with Crippen LogP contribution < -0.4 is 10.1 Å². The van der Waals surface area contributed by atoms with Gasteiger partial charge in [0.15, 0.2) is 0 Å². The number of alkyl carbamates (subject to hydrolysis) is 1. The van der Waals surface area contributed by atoms with Crippen LogP contribution in [0.5, 0.6) is 5.75 Å².